The number of nitrogens with zero attached hydrogens (tertiary/aromatic N) is 2. The molecule has 0 amide bonds. The quantitative estimate of drug-likeness (QED) is 0.514. The maximum atomic E-state index is 13.6. The van der Waals surface area contributed by atoms with Crippen molar-refractivity contribution < 1.29 is 19.0 Å². The Balaban J connectivity index is 1.78. The maximum absolute atomic E-state index is 13.6. The van der Waals surface area contributed by atoms with E-state index in [4.69, 9.17) is 19.9 Å². The van der Waals surface area contributed by atoms with Crippen molar-refractivity contribution in [3.05, 3.63) is 82.3 Å². The standard InChI is InChI=1S/C30H35N3O4/c1-5-36-26-15-21(11-12-25(26)37-19-20-9-7-6-8-10-20)27-22(18-31)29(32)33(13-14-35-4)23-16-30(2,3)17-24(34)28(23)27/h6-12,15,27H,5,13-14,16-17,19,32H2,1-4H3/t27-/m1/s1. The Labute approximate surface area is 219 Å². The van der Waals surface area contributed by atoms with E-state index >= 15 is 0 Å². The van der Waals surface area contributed by atoms with E-state index in [1.54, 1.807) is 7.11 Å². The first kappa shape index (κ1) is 26.3. The van der Waals surface area contributed by atoms with Gasteiger partial charge in [-0.2, -0.15) is 5.26 Å². The highest BCUT2D eigenvalue weighted by Gasteiger charge is 2.44. The molecule has 1 aliphatic heterocycles. The number of rotatable bonds is 9. The third-order valence-corrected chi connectivity index (χ3v) is 6.84. The first-order valence-corrected chi connectivity index (χ1v) is 12.7. The first-order chi connectivity index (χ1) is 17.8. The highest BCUT2D eigenvalue weighted by molar-refractivity contribution is 6.00. The SMILES string of the molecule is CCOc1cc([C@@H]2C(C#N)=C(N)N(CCOC)C3=C2C(=O)CC(C)(C)C3)ccc1OCc1ccccc1. The van der Waals surface area contributed by atoms with Gasteiger partial charge in [0.1, 0.15) is 12.4 Å². The van der Waals surface area contributed by atoms with Crippen LogP contribution in [0.5, 0.6) is 11.5 Å². The molecule has 2 aromatic rings. The summed E-state index contributed by atoms with van der Waals surface area (Å²) in [5.41, 5.74) is 10.1. The van der Waals surface area contributed by atoms with Crippen molar-refractivity contribution >= 4 is 5.78 Å². The molecule has 1 aliphatic carbocycles. The van der Waals surface area contributed by atoms with Crippen LogP contribution in [0, 0.1) is 16.7 Å². The molecule has 0 saturated heterocycles. The number of hydrogen-bond donors (Lipinski definition) is 1. The summed E-state index contributed by atoms with van der Waals surface area (Å²) in [5, 5.41) is 10.2. The lowest BCUT2D eigenvalue weighted by molar-refractivity contribution is -0.118. The number of carbonyl (C=O) groups excluding carboxylic acids is 1. The third-order valence-electron chi connectivity index (χ3n) is 6.84. The van der Waals surface area contributed by atoms with Gasteiger partial charge < -0.3 is 24.8 Å². The van der Waals surface area contributed by atoms with Crippen LogP contribution in [0.1, 0.15) is 50.7 Å². The Hall–Kier alpha value is -3.76. The fraction of sp³-hybridized carbons (Fsp3) is 0.400. The van der Waals surface area contributed by atoms with Crippen molar-refractivity contribution in [3.63, 3.8) is 0 Å². The number of Topliss-reactive ketones (excluding diaryl/α,β-unsaturated/α-hetero) is 1. The number of allylic oxidation sites excluding steroid dienone is 3. The van der Waals surface area contributed by atoms with Crippen LogP contribution < -0.4 is 15.2 Å². The molecule has 7 heteroatoms. The molecule has 0 saturated carbocycles. The number of hydrogen-bond acceptors (Lipinski definition) is 7. The minimum atomic E-state index is -0.565. The van der Waals surface area contributed by atoms with Gasteiger partial charge in [-0.25, -0.2) is 0 Å². The molecule has 0 radical (unpaired) electrons. The lowest BCUT2D eigenvalue weighted by Crippen LogP contribution is -2.43. The summed E-state index contributed by atoms with van der Waals surface area (Å²) in [6.45, 7) is 7.83. The van der Waals surface area contributed by atoms with E-state index in [1.807, 2.05) is 60.4 Å². The largest absolute Gasteiger partial charge is 0.490 e. The number of nitriles is 1. The zero-order valence-electron chi connectivity index (χ0n) is 22.0. The van der Waals surface area contributed by atoms with E-state index in [9.17, 15) is 10.1 Å². The summed E-state index contributed by atoms with van der Waals surface area (Å²) in [6.07, 6.45) is 1.10. The number of benzene rings is 2. The Morgan fingerprint density at radius 2 is 1.86 bits per heavy atom. The van der Waals surface area contributed by atoms with Gasteiger partial charge in [-0.1, -0.05) is 50.2 Å². The van der Waals surface area contributed by atoms with Gasteiger partial charge in [0.05, 0.1) is 30.8 Å². The number of ether oxygens (including phenoxy) is 3. The topological polar surface area (TPSA) is 97.8 Å². The molecule has 0 spiro atoms. The Kier molecular flexibility index (Phi) is 7.89. The smallest absolute Gasteiger partial charge is 0.162 e. The van der Waals surface area contributed by atoms with Crippen molar-refractivity contribution in [1.29, 1.82) is 5.26 Å². The lowest BCUT2D eigenvalue weighted by atomic mass is 9.68. The number of nitrogens with two attached hydrogens (primary N) is 1. The summed E-state index contributed by atoms with van der Waals surface area (Å²) in [4.78, 5) is 15.5. The predicted octanol–water partition coefficient (Wildman–Crippen LogP) is 5.05. The van der Waals surface area contributed by atoms with E-state index in [0.717, 1.165) is 16.8 Å². The summed E-state index contributed by atoms with van der Waals surface area (Å²) < 4.78 is 17.3. The number of carbonyl (C=O) groups is 1. The van der Waals surface area contributed by atoms with Gasteiger partial charge in [-0.15, -0.1) is 0 Å². The Bertz CT molecular complexity index is 1260. The monoisotopic (exact) mass is 501 g/mol. The molecule has 2 N–H and O–H groups in total. The van der Waals surface area contributed by atoms with Gasteiger partial charge in [0.25, 0.3) is 0 Å². The summed E-state index contributed by atoms with van der Waals surface area (Å²) in [6, 6.07) is 17.9. The van der Waals surface area contributed by atoms with Crippen molar-refractivity contribution in [2.45, 2.75) is 46.1 Å². The highest BCUT2D eigenvalue weighted by Crippen LogP contribution is 2.49. The molecule has 1 atom stereocenters. The maximum Gasteiger partial charge on any atom is 0.162 e. The van der Waals surface area contributed by atoms with Crippen LogP contribution in [0.4, 0.5) is 0 Å². The summed E-state index contributed by atoms with van der Waals surface area (Å²) in [7, 11) is 1.62. The van der Waals surface area contributed by atoms with E-state index in [2.05, 4.69) is 19.9 Å². The van der Waals surface area contributed by atoms with Crippen molar-refractivity contribution in [2.75, 3.05) is 26.9 Å². The molecule has 7 nitrogen and oxygen atoms in total. The Morgan fingerprint density at radius 1 is 1.11 bits per heavy atom. The zero-order chi connectivity index (χ0) is 26.6. The van der Waals surface area contributed by atoms with Gasteiger partial charge in [0.15, 0.2) is 17.3 Å². The third kappa shape index (κ3) is 5.50. The molecule has 0 fully saturated rings. The van der Waals surface area contributed by atoms with Crippen molar-refractivity contribution in [3.8, 4) is 17.6 Å². The molecular weight excluding hydrogens is 466 g/mol. The summed E-state index contributed by atoms with van der Waals surface area (Å²) in [5.74, 6) is 1.02. The second kappa shape index (κ2) is 11.1. The molecule has 37 heavy (non-hydrogen) atoms. The van der Waals surface area contributed by atoms with Crippen LogP contribution in [-0.4, -0.2) is 37.6 Å². The number of methoxy groups -OCH3 is 1. The Morgan fingerprint density at radius 3 is 2.54 bits per heavy atom. The highest BCUT2D eigenvalue weighted by atomic mass is 16.5. The molecule has 2 aromatic carbocycles. The molecule has 0 bridgehead atoms. The molecule has 194 valence electrons. The van der Waals surface area contributed by atoms with Crippen molar-refractivity contribution in [1.82, 2.24) is 4.90 Å². The van der Waals surface area contributed by atoms with Crippen LogP contribution in [0.3, 0.4) is 0 Å². The molecule has 0 aromatic heterocycles. The molecule has 4 rings (SSSR count). The van der Waals surface area contributed by atoms with Crippen LogP contribution in [0.25, 0.3) is 0 Å². The molecular formula is C30H35N3O4. The van der Waals surface area contributed by atoms with Crippen LogP contribution in [-0.2, 0) is 16.1 Å². The molecule has 0 unspecified atom stereocenters. The van der Waals surface area contributed by atoms with Gasteiger partial charge in [-0.3, -0.25) is 4.79 Å². The number of ketones is 1. The fourth-order valence-electron chi connectivity index (χ4n) is 5.17. The van der Waals surface area contributed by atoms with Gasteiger partial charge in [0.2, 0.25) is 0 Å². The fourth-order valence-corrected chi connectivity index (χ4v) is 5.17. The normalized spacial score (nSPS) is 18.9. The van der Waals surface area contributed by atoms with Crippen molar-refractivity contribution in [2.24, 2.45) is 11.1 Å². The van der Waals surface area contributed by atoms with Gasteiger partial charge in [0, 0.05) is 31.3 Å². The first-order valence-electron chi connectivity index (χ1n) is 12.7. The van der Waals surface area contributed by atoms with Crippen LogP contribution in [0.2, 0.25) is 0 Å². The van der Waals surface area contributed by atoms with Gasteiger partial charge in [-0.05, 0) is 42.0 Å². The zero-order valence-corrected chi connectivity index (χ0v) is 22.0. The predicted molar refractivity (Wildman–Crippen MR) is 142 cm³/mol. The van der Waals surface area contributed by atoms with Gasteiger partial charge >= 0.3 is 0 Å². The van der Waals surface area contributed by atoms with E-state index in [0.29, 0.717) is 67.7 Å². The molecule has 1 heterocycles. The average molecular weight is 502 g/mol. The second-order valence-electron chi connectivity index (χ2n) is 10.2. The van der Waals surface area contributed by atoms with Crippen LogP contribution >= 0.6 is 0 Å². The lowest BCUT2D eigenvalue weighted by Gasteiger charge is -2.43. The van der Waals surface area contributed by atoms with E-state index in [-0.39, 0.29) is 11.2 Å². The van der Waals surface area contributed by atoms with Crippen LogP contribution in [0.15, 0.2) is 71.2 Å². The summed E-state index contributed by atoms with van der Waals surface area (Å²) >= 11 is 0. The average Bonchev–Trinajstić information content (AvgIpc) is 2.87. The second-order valence-corrected chi connectivity index (χ2v) is 10.2. The van der Waals surface area contributed by atoms with E-state index in [1.165, 1.54) is 0 Å². The molecule has 2 aliphatic rings. The minimum absolute atomic E-state index is 0.0429. The van der Waals surface area contributed by atoms with E-state index < -0.39 is 5.92 Å². The minimum Gasteiger partial charge on any atom is -0.490 e.